The van der Waals surface area contributed by atoms with E-state index < -0.39 is 28.9 Å². The molecule has 79 valence electrons. The van der Waals surface area contributed by atoms with Crippen molar-refractivity contribution in [3.8, 4) is 0 Å². The maximum absolute atomic E-state index is 10.7. The van der Waals surface area contributed by atoms with Gasteiger partial charge in [0.05, 0.1) is 0 Å². The normalized spacial score (nSPS) is 8.86. The van der Waals surface area contributed by atoms with Crippen LogP contribution in [0.4, 0.5) is 0 Å². The van der Waals surface area contributed by atoms with Gasteiger partial charge in [0.15, 0.2) is 5.43 Å². The van der Waals surface area contributed by atoms with Gasteiger partial charge in [-0.3, -0.25) is 4.79 Å². The molecule has 1 aromatic heterocycles. The summed E-state index contributed by atoms with van der Waals surface area (Å²) in [5, 5.41) is 16.8. The minimum Gasteiger partial charge on any atom is -0.475 e. The van der Waals surface area contributed by atoms with Crippen LogP contribution in [0.15, 0.2) is 21.3 Å². The second-order valence-electron chi connectivity index (χ2n) is 2.13. The molecule has 1 radical (unpaired) electrons. The molecule has 1 aromatic rings. The monoisotopic (exact) mass is 247 g/mol. The van der Waals surface area contributed by atoms with Gasteiger partial charge in [-0.05, 0) is 0 Å². The minimum absolute atomic E-state index is 0. The van der Waals surface area contributed by atoms with E-state index in [2.05, 4.69) is 4.42 Å². The van der Waals surface area contributed by atoms with Gasteiger partial charge < -0.3 is 14.6 Å². The molecule has 0 aliphatic heterocycles. The third-order valence-corrected chi connectivity index (χ3v) is 1.19. The summed E-state index contributed by atoms with van der Waals surface area (Å²) in [5.74, 6) is -4.35. The number of carboxylic acid groups (broad SMARTS) is 2. The summed E-state index contributed by atoms with van der Waals surface area (Å²) in [6, 6.07) is 1.41. The zero-order valence-corrected chi connectivity index (χ0v) is 7.43. The molecule has 0 saturated heterocycles. The predicted molar refractivity (Wildman–Crippen MR) is 38.9 cm³/mol. The third kappa shape index (κ3) is 2.72. The molecule has 0 aromatic carbocycles. The van der Waals surface area contributed by atoms with Gasteiger partial charge in [0, 0.05) is 29.2 Å². The van der Waals surface area contributed by atoms with Crippen molar-refractivity contribution in [1.29, 1.82) is 0 Å². The van der Waals surface area contributed by atoms with Gasteiger partial charge in [0.25, 0.3) is 0 Å². The van der Waals surface area contributed by atoms with Crippen LogP contribution in [0.2, 0.25) is 0 Å². The Bertz CT molecular complexity index is 385. The standard InChI is InChI=1S/C7H4O6.Cu/c8-3-1-4(6(9)10)13-5(2-3)7(11)12;/h1-2H,(H,9,10)(H,11,12);. The van der Waals surface area contributed by atoms with E-state index in [1.54, 1.807) is 0 Å². The van der Waals surface area contributed by atoms with Crippen LogP contribution < -0.4 is 5.43 Å². The van der Waals surface area contributed by atoms with E-state index in [4.69, 9.17) is 10.2 Å². The van der Waals surface area contributed by atoms with E-state index in [0.29, 0.717) is 12.1 Å². The van der Waals surface area contributed by atoms with Crippen molar-refractivity contribution < 1.29 is 41.3 Å². The molecule has 0 saturated carbocycles. The molecule has 2 N–H and O–H groups in total. The second kappa shape index (κ2) is 4.59. The Hall–Kier alpha value is -1.59. The molecule has 6 nitrogen and oxygen atoms in total. The first-order valence-electron chi connectivity index (χ1n) is 3.12. The van der Waals surface area contributed by atoms with Crippen LogP contribution in [0.3, 0.4) is 0 Å². The van der Waals surface area contributed by atoms with E-state index in [9.17, 15) is 14.4 Å². The molecule has 1 heterocycles. The van der Waals surface area contributed by atoms with Crippen molar-refractivity contribution in [3.63, 3.8) is 0 Å². The van der Waals surface area contributed by atoms with E-state index >= 15 is 0 Å². The molecule has 0 spiro atoms. The van der Waals surface area contributed by atoms with Crippen LogP contribution in [-0.2, 0) is 17.1 Å². The first-order chi connectivity index (χ1) is 6.00. The second-order valence-corrected chi connectivity index (χ2v) is 2.13. The molecule has 0 atom stereocenters. The van der Waals surface area contributed by atoms with Gasteiger partial charge in [0.2, 0.25) is 11.5 Å². The number of carbonyl (C=O) groups is 2. The Labute approximate surface area is 87.6 Å². The van der Waals surface area contributed by atoms with Crippen LogP contribution >= 0.6 is 0 Å². The van der Waals surface area contributed by atoms with E-state index in [0.717, 1.165) is 0 Å². The van der Waals surface area contributed by atoms with Gasteiger partial charge in [-0.2, -0.15) is 0 Å². The molecule has 0 unspecified atom stereocenters. The van der Waals surface area contributed by atoms with Gasteiger partial charge in [-0.1, -0.05) is 0 Å². The summed E-state index contributed by atoms with van der Waals surface area (Å²) in [6.07, 6.45) is 0. The van der Waals surface area contributed by atoms with Crippen molar-refractivity contribution in [1.82, 2.24) is 0 Å². The molecule has 1 rings (SSSR count). The number of rotatable bonds is 2. The van der Waals surface area contributed by atoms with Crippen LogP contribution in [-0.4, -0.2) is 22.2 Å². The first-order valence-corrected chi connectivity index (χ1v) is 3.12. The molecule has 0 fully saturated rings. The fraction of sp³-hybridized carbons (Fsp3) is 0. The Morgan fingerprint density at radius 3 is 1.71 bits per heavy atom. The van der Waals surface area contributed by atoms with Gasteiger partial charge in [0.1, 0.15) is 0 Å². The Balaban J connectivity index is 0.00000169. The van der Waals surface area contributed by atoms with Gasteiger partial charge >= 0.3 is 11.9 Å². The Morgan fingerprint density at radius 2 is 1.43 bits per heavy atom. The maximum atomic E-state index is 10.7. The molecular weight excluding hydrogens is 244 g/mol. The number of aromatic carboxylic acids is 2. The van der Waals surface area contributed by atoms with E-state index in [1.165, 1.54) is 0 Å². The summed E-state index contributed by atoms with van der Waals surface area (Å²) in [6.45, 7) is 0. The Kier molecular flexibility index (Phi) is 4.07. The average Bonchev–Trinajstić information content (AvgIpc) is 2.03. The summed E-state index contributed by atoms with van der Waals surface area (Å²) in [7, 11) is 0. The summed E-state index contributed by atoms with van der Waals surface area (Å²) in [4.78, 5) is 31.3. The fourth-order valence-electron chi connectivity index (χ4n) is 0.688. The SMILES string of the molecule is O=C(O)c1cc(=O)cc(C(=O)O)o1.[Cu]. The predicted octanol–water partition coefficient (Wildman–Crippen LogP) is 0.0337. The molecule has 7 heteroatoms. The van der Waals surface area contributed by atoms with Crippen LogP contribution in [0.25, 0.3) is 0 Å². The molecular formula is C7H4CuO6. The molecule has 0 aliphatic rings. The van der Waals surface area contributed by atoms with Crippen molar-refractivity contribution in [2.24, 2.45) is 0 Å². The van der Waals surface area contributed by atoms with Crippen LogP contribution in [0, 0.1) is 0 Å². The fourth-order valence-corrected chi connectivity index (χ4v) is 0.688. The van der Waals surface area contributed by atoms with Gasteiger partial charge in [-0.15, -0.1) is 0 Å². The number of hydrogen-bond donors (Lipinski definition) is 2. The zero-order chi connectivity index (χ0) is 10.0. The molecule has 0 aliphatic carbocycles. The van der Waals surface area contributed by atoms with E-state index in [1.807, 2.05) is 0 Å². The quantitative estimate of drug-likeness (QED) is 0.715. The smallest absolute Gasteiger partial charge is 0.371 e. The summed E-state index contributed by atoms with van der Waals surface area (Å²) >= 11 is 0. The van der Waals surface area contributed by atoms with Crippen LogP contribution in [0.1, 0.15) is 21.1 Å². The van der Waals surface area contributed by atoms with Crippen molar-refractivity contribution >= 4 is 11.9 Å². The third-order valence-electron chi connectivity index (χ3n) is 1.19. The average molecular weight is 248 g/mol. The topological polar surface area (TPSA) is 105 Å². The van der Waals surface area contributed by atoms with E-state index in [-0.39, 0.29) is 17.1 Å². The van der Waals surface area contributed by atoms with Crippen LogP contribution in [0.5, 0.6) is 0 Å². The molecule has 14 heavy (non-hydrogen) atoms. The molecule has 0 amide bonds. The Morgan fingerprint density at radius 1 is 1.07 bits per heavy atom. The van der Waals surface area contributed by atoms with Gasteiger partial charge in [-0.25, -0.2) is 9.59 Å². The van der Waals surface area contributed by atoms with Crippen molar-refractivity contribution in [2.45, 2.75) is 0 Å². The zero-order valence-electron chi connectivity index (χ0n) is 6.48. The largest absolute Gasteiger partial charge is 0.475 e. The summed E-state index contributed by atoms with van der Waals surface area (Å²) in [5.41, 5.74) is -0.721. The minimum atomic E-state index is -1.49. The summed E-state index contributed by atoms with van der Waals surface area (Å²) < 4.78 is 4.38. The van der Waals surface area contributed by atoms with Crippen molar-refractivity contribution in [3.05, 3.63) is 33.9 Å². The number of hydrogen-bond acceptors (Lipinski definition) is 4. The first kappa shape index (κ1) is 12.4. The number of carboxylic acids is 2. The van der Waals surface area contributed by atoms with Crippen molar-refractivity contribution in [2.75, 3.05) is 0 Å². The molecule has 0 bridgehead atoms. The maximum Gasteiger partial charge on any atom is 0.371 e.